The van der Waals surface area contributed by atoms with E-state index in [1.165, 1.54) is 4.68 Å². The number of nitrogens with zero attached hydrogens (tertiary/aromatic N) is 6. The summed E-state index contributed by atoms with van der Waals surface area (Å²) >= 11 is 5.88. The fourth-order valence-corrected chi connectivity index (χ4v) is 1.94. The third-order valence-corrected chi connectivity index (χ3v) is 3.16. The number of ether oxygens (including phenoxy) is 1. The number of aryl methyl sites for hydroxylation is 1. The Morgan fingerprint density at radius 2 is 2.10 bits per heavy atom. The van der Waals surface area contributed by atoms with E-state index in [1.54, 1.807) is 6.92 Å². The fraction of sp³-hybridized carbons (Fsp3) is 0.545. The van der Waals surface area contributed by atoms with Crippen molar-refractivity contribution in [1.29, 1.82) is 0 Å². The average Bonchev–Trinajstić information content (AvgIpc) is 2.97. The van der Waals surface area contributed by atoms with Crippen LogP contribution in [0.15, 0.2) is 0 Å². The number of carbonyl (C=O) groups is 1. The second kappa shape index (κ2) is 6.00. The summed E-state index contributed by atoms with van der Waals surface area (Å²) in [5.41, 5.74) is 0.645. The third-order valence-electron chi connectivity index (χ3n) is 2.91. The van der Waals surface area contributed by atoms with Gasteiger partial charge in [0.1, 0.15) is 12.4 Å². The van der Waals surface area contributed by atoms with Crippen molar-refractivity contribution in [3.8, 4) is 0 Å². The molecule has 2 aromatic heterocycles. The van der Waals surface area contributed by atoms with E-state index in [0.29, 0.717) is 18.1 Å². The van der Waals surface area contributed by atoms with Crippen LogP contribution in [0.2, 0.25) is 0 Å². The second-order valence-electron chi connectivity index (χ2n) is 4.12. The van der Waals surface area contributed by atoms with Crippen molar-refractivity contribution < 1.29 is 9.53 Å². The first-order valence-electron chi connectivity index (χ1n) is 6.08. The zero-order valence-corrected chi connectivity index (χ0v) is 12.3. The maximum absolute atomic E-state index is 11.7. The van der Waals surface area contributed by atoms with Crippen LogP contribution in [0, 0.1) is 6.92 Å². The molecule has 0 aliphatic heterocycles. The molecule has 2 aromatic rings. The van der Waals surface area contributed by atoms with Crippen molar-refractivity contribution in [3.05, 3.63) is 23.0 Å². The van der Waals surface area contributed by atoms with Gasteiger partial charge in [-0.2, -0.15) is 0 Å². The van der Waals surface area contributed by atoms with Crippen molar-refractivity contribution in [2.45, 2.75) is 26.3 Å². The highest BCUT2D eigenvalue weighted by atomic mass is 35.5. The fourth-order valence-electron chi connectivity index (χ4n) is 1.67. The Bertz CT molecular complexity index is 620. The normalized spacial score (nSPS) is 10.8. The van der Waals surface area contributed by atoms with Gasteiger partial charge in [0, 0.05) is 7.05 Å². The molecule has 0 spiro atoms. The van der Waals surface area contributed by atoms with Crippen LogP contribution in [0.3, 0.4) is 0 Å². The summed E-state index contributed by atoms with van der Waals surface area (Å²) in [5, 5.41) is 15.8. The van der Waals surface area contributed by atoms with Crippen molar-refractivity contribution >= 4 is 17.6 Å². The maximum Gasteiger partial charge on any atom is 0.360 e. The number of hydrogen-bond acceptors (Lipinski definition) is 6. The van der Waals surface area contributed by atoms with Gasteiger partial charge in [-0.05, 0) is 13.8 Å². The SMILES string of the molecule is CCOC(=O)c1nnn(Cc2nnc(C)n2C)c1CCl. The monoisotopic (exact) mass is 298 g/mol. The highest BCUT2D eigenvalue weighted by Crippen LogP contribution is 2.12. The third kappa shape index (κ3) is 2.64. The number of aromatic nitrogens is 6. The Morgan fingerprint density at radius 3 is 2.65 bits per heavy atom. The Morgan fingerprint density at radius 1 is 1.35 bits per heavy atom. The lowest BCUT2D eigenvalue weighted by atomic mass is 10.3. The first kappa shape index (κ1) is 14.4. The predicted octanol–water partition coefficient (Wildman–Crippen LogP) is 0.679. The number of carbonyl (C=O) groups excluding carboxylic acids is 1. The van der Waals surface area contributed by atoms with Gasteiger partial charge in [-0.1, -0.05) is 5.21 Å². The van der Waals surface area contributed by atoms with E-state index < -0.39 is 5.97 Å². The molecule has 0 amide bonds. The van der Waals surface area contributed by atoms with Crippen molar-refractivity contribution in [2.75, 3.05) is 6.61 Å². The van der Waals surface area contributed by atoms with Crippen LogP contribution in [0.25, 0.3) is 0 Å². The van der Waals surface area contributed by atoms with Gasteiger partial charge in [-0.15, -0.1) is 26.9 Å². The van der Waals surface area contributed by atoms with Gasteiger partial charge in [-0.25, -0.2) is 9.48 Å². The van der Waals surface area contributed by atoms with Crippen LogP contribution >= 0.6 is 11.6 Å². The van der Waals surface area contributed by atoms with Gasteiger partial charge in [0.15, 0.2) is 11.5 Å². The van der Waals surface area contributed by atoms with Crippen LogP contribution in [-0.4, -0.2) is 42.3 Å². The van der Waals surface area contributed by atoms with E-state index in [9.17, 15) is 4.79 Å². The lowest BCUT2D eigenvalue weighted by Gasteiger charge is -2.05. The molecule has 0 saturated carbocycles. The topological polar surface area (TPSA) is 87.7 Å². The zero-order valence-electron chi connectivity index (χ0n) is 11.5. The molecule has 0 N–H and O–H groups in total. The van der Waals surface area contributed by atoms with Crippen LogP contribution in [-0.2, 0) is 24.2 Å². The van der Waals surface area contributed by atoms with E-state index >= 15 is 0 Å². The number of halogens is 1. The van der Waals surface area contributed by atoms with Gasteiger partial charge < -0.3 is 9.30 Å². The molecule has 2 heterocycles. The number of rotatable bonds is 5. The first-order valence-corrected chi connectivity index (χ1v) is 6.62. The molecule has 8 nitrogen and oxygen atoms in total. The van der Waals surface area contributed by atoms with Gasteiger partial charge >= 0.3 is 5.97 Å². The highest BCUT2D eigenvalue weighted by Gasteiger charge is 2.21. The molecule has 0 bridgehead atoms. The van der Waals surface area contributed by atoms with E-state index in [1.807, 2.05) is 18.5 Å². The summed E-state index contributed by atoms with van der Waals surface area (Å²) in [6, 6.07) is 0. The van der Waals surface area contributed by atoms with Crippen molar-refractivity contribution in [3.63, 3.8) is 0 Å². The molecule has 0 aliphatic carbocycles. The Kier molecular flexibility index (Phi) is 4.33. The molecule has 0 fully saturated rings. The van der Waals surface area contributed by atoms with E-state index in [4.69, 9.17) is 16.3 Å². The lowest BCUT2D eigenvalue weighted by Crippen LogP contribution is -2.12. The number of alkyl halides is 1. The minimum Gasteiger partial charge on any atom is -0.461 e. The standard InChI is InChI=1S/C11H15ClN6O2/c1-4-20-11(19)10-8(5-12)18(16-15-10)6-9-14-13-7(2)17(9)3/h4-6H2,1-3H3. The quantitative estimate of drug-likeness (QED) is 0.596. The molecule has 0 unspecified atom stereocenters. The van der Waals surface area contributed by atoms with E-state index in [-0.39, 0.29) is 18.2 Å². The maximum atomic E-state index is 11.7. The molecule has 0 aliphatic rings. The molecule has 108 valence electrons. The molecule has 0 radical (unpaired) electrons. The number of esters is 1. The van der Waals surface area contributed by atoms with E-state index in [2.05, 4.69) is 20.5 Å². The van der Waals surface area contributed by atoms with Crippen LogP contribution in [0.1, 0.15) is 34.8 Å². The lowest BCUT2D eigenvalue weighted by molar-refractivity contribution is 0.0518. The molecular formula is C11H15ClN6O2. The summed E-state index contributed by atoms with van der Waals surface area (Å²) in [6.07, 6.45) is 0. The summed E-state index contributed by atoms with van der Waals surface area (Å²) < 4.78 is 8.28. The van der Waals surface area contributed by atoms with Crippen molar-refractivity contribution in [2.24, 2.45) is 7.05 Å². The van der Waals surface area contributed by atoms with E-state index in [0.717, 1.165) is 5.82 Å². The van der Waals surface area contributed by atoms with Gasteiger partial charge in [0.2, 0.25) is 0 Å². The molecule has 9 heteroatoms. The minimum absolute atomic E-state index is 0.109. The van der Waals surface area contributed by atoms with Gasteiger partial charge in [-0.3, -0.25) is 0 Å². The van der Waals surface area contributed by atoms with Gasteiger partial charge in [0.05, 0.1) is 18.2 Å². The summed E-state index contributed by atoms with van der Waals surface area (Å²) in [7, 11) is 1.86. The smallest absolute Gasteiger partial charge is 0.360 e. The molecule has 0 atom stereocenters. The molecule has 20 heavy (non-hydrogen) atoms. The number of hydrogen-bond donors (Lipinski definition) is 0. The Balaban J connectivity index is 2.29. The zero-order chi connectivity index (χ0) is 14.7. The Labute approximate surface area is 120 Å². The Hall–Kier alpha value is -1.96. The summed E-state index contributed by atoms with van der Waals surface area (Å²) in [5.74, 6) is 1.08. The van der Waals surface area contributed by atoms with Crippen LogP contribution < -0.4 is 0 Å². The summed E-state index contributed by atoms with van der Waals surface area (Å²) in [6.45, 7) is 4.19. The van der Waals surface area contributed by atoms with Crippen LogP contribution in [0.4, 0.5) is 0 Å². The summed E-state index contributed by atoms with van der Waals surface area (Å²) in [4.78, 5) is 11.7. The second-order valence-corrected chi connectivity index (χ2v) is 4.39. The molecule has 0 aromatic carbocycles. The largest absolute Gasteiger partial charge is 0.461 e. The van der Waals surface area contributed by atoms with Crippen LogP contribution in [0.5, 0.6) is 0 Å². The van der Waals surface area contributed by atoms with Crippen molar-refractivity contribution in [1.82, 2.24) is 29.8 Å². The first-order chi connectivity index (χ1) is 9.58. The predicted molar refractivity (Wildman–Crippen MR) is 70.4 cm³/mol. The average molecular weight is 299 g/mol. The molecule has 0 saturated heterocycles. The molecular weight excluding hydrogens is 284 g/mol. The highest BCUT2D eigenvalue weighted by molar-refractivity contribution is 6.17. The molecule has 2 rings (SSSR count). The minimum atomic E-state index is -0.524. The van der Waals surface area contributed by atoms with Gasteiger partial charge in [0.25, 0.3) is 0 Å².